The first-order chi connectivity index (χ1) is 12.2. The molecule has 0 aliphatic heterocycles. The molecule has 0 spiro atoms. The van der Waals surface area contributed by atoms with Gasteiger partial charge in [-0.3, -0.25) is 5.32 Å². The summed E-state index contributed by atoms with van der Waals surface area (Å²) >= 11 is 7.35. The number of para-hydroxylation sites is 1. The fourth-order valence-electron chi connectivity index (χ4n) is 2.27. The Labute approximate surface area is 151 Å². The van der Waals surface area contributed by atoms with E-state index < -0.39 is 6.09 Å². The number of amides is 1. The predicted octanol–water partition coefficient (Wildman–Crippen LogP) is 4.72. The number of thiazole rings is 1. The van der Waals surface area contributed by atoms with E-state index in [9.17, 15) is 4.79 Å². The number of nitrogens with one attached hydrogen (secondary N) is 1. The number of hydrogen-bond donors (Lipinski definition) is 1. The molecule has 2 heterocycles. The summed E-state index contributed by atoms with van der Waals surface area (Å²) in [5.74, 6) is 0.630. The zero-order valence-corrected chi connectivity index (χ0v) is 14.3. The van der Waals surface area contributed by atoms with Crippen LogP contribution in [0.2, 0.25) is 5.02 Å². The van der Waals surface area contributed by atoms with E-state index in [1.807, 2.05) is 35.7 Å². The van der Waals surface area contributed by atoms with Crippen LogP contribution in [-0.4, -0.2) is 20.7 Å². The molecule has 0 saturated carbocycles. The Kier molecular flexibility index (Phi) is 4.09. The van der Waals surface area contributed by atoms with Gasteiger partial charge in [0, 0.05) is 16.0 Å². The maximum Gasteiger partial charge on any atom is 0.419 e. The van der Waals surface area contributed by atoms with E-state index in [1.54, 1.807) is 28.8 Å². The van der Waals surface area contributed by atoms with Gasteiger partial charge in [-0.2, -0.15) is 4.98 Å². The second-order valence-corrected chi connectivity index (χ2v) is 6.36. The number of nitrogens with zero attached hydrogens (tertiary/aromatic N) is 3. The molecule has 4 aromatic rings. The van der Waals surface area contributed by atoms with Gasteiger partial charge in [-0.1, -0.05) is 41.9 Å². The average molecular weight is 371 g/mol. The first-order valence-corrected chi connectivity index (χ1v) is 8.59. The van der Waals surface area contributed by atoms with Crippen LogP contribution in [-0.2, 0) is 0 Å². The SMILES string of the molecule is O=C(Nc1nc2scc(-c3ccc(Cl)cc3)n2n1)Oc1ccccc1. The number of anilines is 1. The van der Waals surface area contributed by atoms with Crippen LogP contribution in [0.5, 0.6) is 5.75 Å². The molecular formula is C17H11ClN4O2S. The van der Waals surface area contributed by atoms with Crippen molar-refractivity contribution in [1.82, 2.24) is 14.6 Å². The van der Waals surface area contributed by atoms with Gasteiger partial charge in [-0.15, -0.1) is 16.4 Å². The van der Waals surface area contributed by atoms with Crippen molar-refractivity contribution in [2.75, 3.05) is 5.32 Å². The van der Waals surface area contributed by atoms with E-state index in [0.717, 1.165) is 11.3 Å². The molecule has 0 radical (unpaired) electrons. The fraction of sp³-hybridized carbons (Fsp3) is 0. The standard InChI is InChI=1S/C17H11ClN4O2S/c18-12-8-6-11(7-9-12)14-10-25-16-19-15(21-22(14)16)20-17(23)24-13-4-2-1-3-5-13/h1-10H,(H,20,21,23). The van der Waals surface area contributed by atoms with Crippen LogP contribution in [0.4, 0.5) is 10.7 Å². The molecule has 6 nitrogen and oxygen atoms in total. The summed E-state index contributed by atoms with van der Waals surface area (Å²) in [7, 11) is 0. The molecule has 8 heteroatoms. The van der Waals surface area contributed by atoms with E-state index in [0.29, 0.717) is 15.7 Å². The Morgan fingerprint density at radius 3 is 2.64 bits per heavy atom. The Bertz CT molecular complexity index is 1030. The van der Waals surface area contributed by atoms with Gasteiger partial charge in [0.15, 0.2) is 0 Å². The summed E-state index contributed by atoms with van der Waals surface area (Å²) in [5, 5.41) is 9.47. The van der Waals surface area contributed by atoms with Crippen molar-refractivity contribution in [3.63, 3.8) is 0 Å². The normalized spacial score (nSPS) is 10.8. The number of carbonyl (C=O) groups is 1. The predicted molar refractivity (Wildman–Crippen MR) is 97.4 cm³/mol. The second-order valence-electron chi connectivity index (χ2n) is 5.09. The lowest BCUT2D eigenvalue weighted by Crippen LogP contribution is -2.17. The van der Waals surface area contributed by atoms with E-state index in [2.05, 4.69) is 15.4 Å². The maximum absolute atomic E-state index is 11.9. The number of ether oxygens (including phenoxy) is 1. The smallest absolute Gasteiger partial charge is 0.410 e. The number of hydrogen-bond acceptors (Lipinski definition) is 5. The molecule has 0 fully saturated rings. The molecule has 0 unspecified atom stereocenters. The maximum atomic E-state index is 11.9. The van der Waals surface area contributed by atoms with Crippen molar-refractivity contribution in [2.45, 2.75) is 0 Å². The van der Waals surface area contributed by atoms with Crippen molar-refractivity contribution in [1.29, 1.82) is 0 Å². The minimum absolute atomic E-state index is 0.183. The van der Waals surface area contributed by atoms with Gasteiger partial charge in [-0.05, 0) is 24.3 Å². The topological polar surface area (TPSA) is 68.5 Å². The Morgan fingerprint density at radius 1 is 1.12 bits per heavy atom. The van der Waals surface area contributed by atoms with Gasteiger partial charge in [0.1, 0.15) is 5.75 Å². The summed E-state index contributed by atoms with van der Waals surface area (Å²) in [6, 6.07) is 16.2. The molecule has 0 saturated heterocycles. The van der Waals surface area contributed by atoms with Crippen LogP contribution in [0.25, 0.3) is 16.2 Å². The third-order valence-electron chi connectivity index (χ3n) is 3.39. The van der Waals surface area contributed by atoms with Gasteiger partial charge in [0.05, 0.1) is 5.69 Å². The zero-order chi connectivity index (χ0) is 17.2. The average Bonchev–Trinajstić information content (AvgIpc) is 3.16. The number of halogens is 1. The number of aromatic nitrogens is 3. The monoisotopic (exact) mass is 370 g/mol. The summed E-state index contributed by atoms with van der Waals surface area (Å²) < 4.78 is 6.84. The van der Waals surface area contributed by atoms with Crippen LogP contribution in [0, 0.1) is 0 Å². The number of benzene rings is 2. The van der Waals surface area contributed by atoms with E-state index in [4.69, 9.17) is 16.3 Å². The molecule has 2 aromatic carbocycles. The molecular weight excluding hydrogens is 360 g/mol. The van der Waals surface area contributed by atoms with Crippen LogP contribution >= 0.6 is 22.9 Å². The molecule has 124 valence electrons. The molecule has 0 aliphatic carbocycles. The van der Waals surface area contributed by atoms with E-state index >= 15 is 0 Å². The van der Waals surface area contributed by atoms with E-state index in [1.165, 1.54) is 11.3 Å². The van der Waals surface area contributed by atoms with Crippen LogP contribution in [0.15, 0.2) is 60.0 Å². The highest BCUT2D eigenvalue weighted by Crippen LogP contribution is 2.27. The first-order valence-electron chi connectivity index (χ1n) is 7.33. The summed E-state index contributed by atoms with van der Waals surface area (Å²) in [6.07, 6.45) is -0.641. The molecule has 0 atom stereocenters. The van der Waals surface area contributed by atoms with Crippen LogP contribution in [0.1, 0.15) is 0 Å². The third-order valence-corrected chi connectivity index (χ3v) is 4.46. The Hall–Kier alpha value is -2.90. The number of fused-ring (bicyclic) bond motifs is 1. The van der Waals surface area contributed by atoms with Gasteiger partial charge < -0.3 is 4.74 Å². The lowest BCUT2D eigenvalue weighted by atomic mass is 10.2. The minimum Gasteiger partial charge on any atom is -0.410 e. The highest BCUT2D eigenvalue weighted by molar-refractivity contribution is 7.15. The second kappa shape index (κ2) is 6.54. The summed E-state index contributed by atoms with van der Waals surface area (Å²) in [6.45, 7) is 0. The molecule has 25 heavy (non-hydrogen) atoms. The third kappa shape index (κ3) is 3.33. The molecule has 1 N–H and O–H groups in total. The lowest BCUT2D eigenvalue weighted by molar-refractivity contribution is 0.215. The van der Waals surface area contributed by atoms with Gasteiger partial charge >= 0.3 is 6.09 Å². The summed E-state index contributed by atoms with van der Waals surface area (Å²) in [5.41, 5.74) is 1.83. The molecule has 2 aromatic heterocycles. The van der Waals surface area contributed by atoms with Crippen LogP contribution in [0.3, 0.4) is 0 Å². The summed E-state index contributed by atoms with van der Waals surface area (Å²) in [4.78, 5) is 16.9. The number of rotatable bonds is 3. The van der Waals surface area contributed by atoms with Crippen molar-refractivity contribution in [3.05, 3.63) is 65.0 Å². The molecule has 0 aliphatic rings. The van der Waals surface area contributed by atoms with Gasteiger partial charge in [0.2, 0.25) is 4.96 Å². The van der Waals surface area contributed by atoms with Crippen LogP contribution < -0.4 is 10.1 Å². The Balaban J connectivity index is 1.55. The molecule has 0 bridgehead atoms. The lowest BCUT2D eigenvalue weighted by Gasteiger charge is -2.03. The molecule has 1 amide bonds. The Morgan fingerprint density at radius 2 is 1.88 bits per heavy atom. The van der Waals surface area contributed by atoms with Crippen molar-refractivity contribution in [2.24, 2.45) is 0 Å². The van der Waals surface area contributed by atoms with Gasteiger partial charge in [0.25, 0.3) is 5.95 Å². The quantitative estimate of drug-likeness (QED) is 0.566. The highest BCUT2D eigenvalue weighted by atomic mass is 35.5. The molecule has 4 rings (SSSR count). The van der Waals surface area contributed by atoms with E-state index in [-0.39, 0.29) is 5.95 Å². The van der Waals surface area contributed by atoms with Crippen molar-refractivity contribution in [3.8, 4) is 17.0 Å². The van der Waals surface area contributed by atoms with Crippen molar-refractivity contribution >= 4 is 39.9 Å². The fourth-order valence-corrected chi connectivity index (χ4v) is 3.22. The largest absolute Gasteiger partial charge is 0.419 e. The minimum atomic E-state index is -0.641. The zero-order valence-electron chi connectivity index (χ0n) is 12.7. The first kappa shape index (κ1) is 15.6. The van der Waals surface area contributed by atoms with Gasteiger partial charge in [-0.25, -0.2) is 9.31 Å². The number of carbonyl (C=O) groups excluding carboxylic acids is 1. The highest BCUT2D eigenvalue weighted by Gasteiger charge is 2.14. The van der Waals surface area contributed by atoms with Crippen molar-refractivity contribution < 1.29 is 9.53 Å².